The molecule has 110 valence electrons. The van der Waals surface area contributed by atoms with Crippen LogP contribution in [0.2, 0.25) is 5.02 Å². The smallest absolute Gasteiger partial charge is 0.0898 e. The molecule has 0 heterocycles. The second-order valence-electron chi connectivity index (χ2n) is 5.43. The van der Waals surface area contributed by atoms with Gasteiger partial charge in [0.05, 0.1) is 19.3 Å². The maximum atomic E-state index is 9.73. The van der Waals surface area contributed by atoms with E-state index < -0.39 is 6.10 Å². The normalized spacial score (nSPS) is 12.9. The number of ether oxygens (including phenoxy) is 1. The molecule has 0 saturated carbocycles. The van der Waals surface area contributed by atoms with E-state index in [-0.39, 0.29) is 17.9 Å². The Labute approximate surface area is 126 Å². The molecular formula is C14H23Cl2NO2. The molecular weight excluding hydrogens is 285 g/mol. The first-order chi connectivity index (χ1) is 8.37. The van der Waals surface area contributed by atoms with Crippen molar-refractivity contribution >= 4 is 24.0 Å². The lowest BCUT2D eigenvalue weighted by molar-refractivity contribution is 0.0262. The highest BCUT2D eigenvalue weighted by Gasteiger charge is 2.12. The minimum atomic E-state index is -0.489. The average molecular weight is 308 g/mol. The Morgan fingerprint density at radius 2 is 1.84 bits per heavy atom. The summed E-state index contributed by atoms with van der Waals surface area (Å²) < 4.78 is 5.45. The molecule has 0 radical (unpaired) electrons. The summed E-state index contributed by atoms with van der Waals surface area (Å²) in [7, 11) is 0. The fourth-order valence-corrected chi connectivity index (χ4v) is 1.50. The van der Waals surface area contributed by atoms with Crippen LogP contribution in [0.3, 0.4) is 0 Å². The molecule has 1 rings (SSSR count). The van der Waals surface area contributed by atoms with Crippen molar-refractivity contribution in [1.82, 2.24) is 5.32 Å². The van der Waals surface area contributed by atoms with Crippen LogP contribution < -0.4 is 5.32 Å². The van der Waals surface area contributed by atoms with Gasteiger partial charge in [-0.1, -0.05) is 23.7 Å². The zero-order valence-corrected chi connectivity index (χ0v) is 13.2. The van der Waals surface area contributed by atoms with E-state index in [2.05, 4.69) is 26.1 Å². The fourth-order valence-electron chi connectivity index (χ4n) is 1.38. The molecule has 5 heteroatoms. The largest absolute Gasteiger partial charge is 0.389 e. The molecule has 1 atom stereocenters. The number of benzene rings is 1. The monoisotopic (exact) mass is 307 g/mol. The van der Waals surface area contributed by atoms with Gasteiger partial charge >= 0.3 is 0 Å². The molecule has 0 bridgehead atoms. The van der Waals surface area contributed by atoms with Gasteiger partial charge in [-0.3, -0.25) is 0 Å². The molecule has 3 nitrogen and oxygen atoms in total. The summed E-state index contributed by atoms with van der Waals surface area (Å²) in [5, 5.41) is 13.7. The zero-order chi connectivity index (χ0) is 13.6. The quantitative estimate of drug-likeness (QED) is 0.849. The lowest BCUT2D eigenvalue weighted by atomic mass is 10.1. The number of nitrogens with one attached hydrogen (secondary N) is 1. The lowest BCUT2D eigenvalue weighted by Gasteiger charge is -2.22. The number of halogens is 2. The van der Waals surface area contributed by atoms with Crippen LogP contribution in [0.1, 0.15) is 26.3 Å². The lowest BCUT2D eigenvalue weighted by Crippen LogP contribution is -2.42. The number of β-amino-alcohol motifs (C(OH)–C–C–N with tert-alkyl or cyclic N) is 1. The molecule has 19 heavy (non-hydrogen) atoms. The number of rotatable bonds is 6. The summed E-state index contributed by atoms with van der Waals surface area (Å²) in [6.07, 6.45) is -0.489. The van der Waals surface area contributed by atoms with Crippen molar-refractivity contribution in [3.8, 4) is 0 Å². The Morgan fingerprint density at radius 1 is 1.26 bits per heavy atom. The summed E-state index contributed by atoms with van der Waals surface area (Å²) in [6.45, 7) is 7.54. The van der Waals surface area contributed by atoms with E-state index in [1.807, 2.05) is 24.3 Å². The molecule has 1 aromatic rings. The summed E-state index contributed by atoms with van der Waals surface area (Å²) in [5.41, 5.74) is 1.06. The molecule has 0 spiro atoms. The van der Waals surface area contributed by atoms with Crippen molar-refractivity contribution in [2.75, 3.05) is 13.2 Å². The van der Waals surface area contributed by atoms with E-state index >= 15 is 0 Å². The van der Waals surface area contributed by atoms with Gasteiger partial charge in [0.15, 0.2) is 0 Å². The molecule has 2 N–H and O–H groups in total. The number of hydrogen-bond donors (Lipinski definition) is 2. The van der Waals surface area contributed by atoms with Crippen molar-refractivity contribution in [2.45, 2.75) is 39.0 Å². The summed E-state index contributed by atoms with van der Waals surface area (Å²) in [4.78, 5) is 0. The Kier molecular flexibility index (Phi) is 8.62. The predicted octanol–water partition coefficient (Wildman–Crippen LogP) is 3.03. The highest BCUT2D eigenvalue weighted by atomic mass is 35.5. The van der Waals surface area contributed by atoms with E-state index in [1.54, 1.807) is 0 Å². The fraction of sp³-hybridized carbons (Fsp3) is 0.571. The van der Waals surface area contributed by atoms with Gasteiger partial charge < -0.3 is 15.2 Å². The third kappa shape index (κ3) is 9.25. The Morgan fingerprint density at radius 3 is 2.37 bits per heavy atom. The first kappa shape index (κ1) is 18.7. The van der Waals surface area contributed by atoms with Crippen LogP contribution in [0.25, 0.3) is 0 Å². The first-order valence-corrected chi connectivity index (χ1v) is 6.50. The molecule has 0 aromatic heterocycles. The van der Waals surface area contributed by atoms with Crippen molar-refractivity contribution in [3.63, 3.8) is 0 Å². The molecule has 0 aliphatic carbocycles. The second-order valence-corrected chi connectivity index (χ2v) is 5.86. The molecule has 1 unspecified atom stereocenters. The Hall–Kier alpha value is -0.320. The van der Waals surface area contributed by atoms with Crippen LogP contribution in [0.15, 0.2) is 24.3 Å². The number of aliphatic hydroxyl groups is 1. The highest BCUT2D eigenvalue weighted by Crippen LogP contribution is 2.10. The second kappa shape index (κ2) is 8.77. The van der Waals surface area contributed by atoms with Crippen molar-refractivity contribution in [1.29, 1.82) is 0 Å². The van der Waals surface area contributed by atoms with Gasteiger partial charge in [0.25, 0.3) is 0 Å². The molecule has 0 amide bonds. The number of aliphatic hydroxyl groups excluding tert-OH is 1. The van der Waals surface area contributed by atoms with Crippen molar-refractivity contribution in [3.05, 3.63) is 34.9 Å². The third-order valence-corrected chi connectivity index (χ3v) is 2.61. The highest BCUT2D eigenvalue weighted by molar-refractivity contribution is 6.30. The van der Waals surface area contributed by atoms with Gasteiger partial charge in [0.1, 0.15) is 0 Å². The van der Waals surface area contributed by atoms with Crippen molar-refractivity contribution in [2.24, 2.45) is 0 Å². The summed E-state index contributed by atoms with van der Waals surface area (Å²) >= 11 is 5.79. The molecule has 0 saturated heterocycles. The molecule has 0 fully saturated rings. The first-order valence-electron chi connectivity index (χ1n) is 6.12. The van der Waals surface area contributed by atoms with Crippen LogP contribution in [-0.4, -0.2) is 29.9 Å². The van der Waals surface area contributed by atoms with Gasteiger partial charge in [0.2, 0.25) is 0 Å². The van der Waals surface area contributed by atoms with Crippen molar-refractivity contribution < 1.29 is 9.84 Å². The van der Waals surface area contributed by atoms with Crippen LogP contribution in [0, 0.1) is 0 Å². The van der Waals surface area contributed by atoms with Crippen LogP contribution in [0.5, 0.6) is 0 Å². The third-order valence-electron chi connectivity index (χ3n) is 2.36. The minimum absolute atomic E-state index is 0. The minimum Gasteiger partial charge on any atom is -0.389 e. The SMILES string of the molecule is CC(C)(C)NCC(O)COCc1ccc(Cl)cc1.Cl. The van der Waals surface area contributed by atoms with Gasteiger partial charge in [-0.15, -0.1) is 12.4 Å². The average Bonchev–Trinajstić information content (AvgIpc) is 2.28. The standard InChI is InChI=1S/C14H22ClNO2.ClH/c1-14(2,3)16-8-13(17)10-18-9-11-4-6-12(15)7-5-11;/h4-7,13,16-17H,8-10H2,1-3H3;1H. The Bertz CT molecular complexity index is 349. The van der Waals surface area contributed by atoms with Crippen LogP contribution in [0.4, 0.5) is 0 Å². The summed E-state index contributed by atoms with van der Waals surface area (Å²) in [6, 6.07) is 7.50. The number of hydrogen-bond acceptors (Lipinski definition) is 3. The topological polar surface area (TPSA) is 41.5 Å². The maximum Gasteiger partial charge on any atom is 0.0898 e. The summed E-state index contributed by atoms with van der Waals surface area (Å²) in [5.74, 6) is 0. The van der Waals surface area contributed by atoms with Gasteiger partial charge in [-0.05, 0) is 38.5 Å². The van der Waals surface area contributed by atoms with E-state index in [1.165, 1.54) is 0 Å². The van der Waals surface area contributed by atoms with Gasteiger partial charge in [-0.25, -0.2) is 0 Å². The van der Waals surface area contributed by atoms with E-state index in [0.29, 0.717) is 24.8 Å². The molecule has 1 aromatic carbocycles. The van der Waals surface area contributed by atoms with E-state index in [9.17, 15) is 5.11 Å². The van der Waals surface area contributed by atoms with Crippen LogP contribution in [-0.2, 0) is 11.3 Å². The Balaban J connectivity index is 0.00000324. The van der Waals surface area contributed by atoms with E-state index in [4.69, 9.17) is 16.3 Å². The maximum absolute atomic E-state index is 9.73. The predicted molar refractivity (Wildman–Crippen MR) is 82.1 cm³/mol. The molecule has 0 aliphatic rings. The van der Waals surface area contributed by atoms with Crippen LogP contribution >= 0.6 is 24.0 Å². The van der Waals surface area contributed by atoms with Gasteiger partial charge in [-0.2, -0.15) is 0 Å². The zero-order valence-electron chi connectivity index (χ0n) is 11.6. The van der Waals surface area contributed by atoms with E-state index in [0.717, 1.165) is 5.56 Å². The van der Waals surface area contributed by atoms with Gasteiger partial charge in [0, 0.05) is 17.1 Å². The molecule has 0 aliphatic heterocycles.